The molecule has 2 aliphatic rings. The number of hydrogen-bond donors (Lipinski definition) is 1. The van der Waals surface area contributed by atoms with Crippen LogP contribution in [0.2, 0.25) is 5.02 Å². The van der Waals surface area contributed by atoms with Gasteiger partial charge in [0.05, 0.1) is 11.3 Å². The third-order valence-corrected chi connectivity index (χ3v) is 9.44. The standard InChI is InChI=1S/C34H41ClN6O2/c1-24(2)40-18-14-26(23-40)22-38(3)33(42)27-8-6-25(7-9-27)21-31-36-32-30(5-4-17-41(32)37-31)39-19-15-34(43,16-20-39)28-10-12-29(35)13-11-28/h4-13,17,24,26,43H,14-16,18-23H2,1-3H3. The summed E-state index contributed by atoms with van der Waals surface area (Å²) in [5.41, 5.74) is 3.64. The molecule has 9 heteroatoms. The Bertz CT molecular complexity index is 1560. The van der Waals surface area contributed by atoms with E-state index in [4.69, 9.17) is 21.7 Å². The van der Waals surface area contributed by atoms with E-state index >= 15 is 0 Å². The Hall–Kier alpha value is -3.46. The van der Waals surface area contributed by atoms with E-state index in [1.165, 1.54) is 0 Å². The Morgan fingerprint density at radius 1 is 1.07 bits per heavy atom. The van der Waals surface area contributed by atoms with Crippen molar-refractivity contribution < 1.29 is 9.90 Å². The molecule has 2 aliphatic heterocycles. The third kappa shape index (κ3) is 6.42. The van der Waals surface area contributed by atoms with Crippen molar-refractivity contribution >= 4 is 28.8 Å². The Balaban J connectivity index is 1.09. The Morgan fingerprint density at radius 2 is 1.79 bits per heavy atom. The average molecular weight is 601 g/mol. The summed E-state index contributed by atoms with van der Waals surface area (Å²) in [6, 6.07) is 20.0. The van der Waals surface area contributed by atoms with Crippen LogP contribution in [0.1, 0.15) is 60.4 Å². The monoisotopic (exact) mass is 600 g/mol. The van der Waals surface area contributed by atoms with Gasteiger partial charge in [-0.2, -0.15) is 5.10 Å². The van der Waals surface area contributed by atoms with Gasteiger partial charge in [-0.15, -0.1) is 0 Å². The number of rotatable bonds is 8. The van der Waals surface area contributed by atoms with E-state index in [0.29, 0.717) is 54.9 Å². The van der Waals surface area contributed by atoms with Gasteiger partial charge in [0.25, 0.3) is 5.91 Å². The van der Waals surface area contributed by atoms with Crippen LogP contribution in [0, 0.1) is 5.92 Å². The molecule has 0 spiro atoms. The zero-order valence-corrected chi connectivity index (χ0v) is 26.0. The van der Waals surface area contributed by atoms with E-state index in [2.05, 4.69) is 29.7 Å². The van der Waals surface area contributed by atoms with Crippen LogP contribution in [0.25, 0.3) is 5.65 Å². The van der Waals surface area contributed by atoms with Crippen LogP contribution in [0.15, 0.2) is 66.9 Å². The summed E-state index contributed by atoms with van der Waals surface area (Å²) in [4.78, 5) is 24.7. The van der Waals surface area contributed by atoms with Gasteiger partial charge in [-0.05, 0) is 93.1 Å². The number of nitrogens with zero attached hydrogens (tertiary/aromatic N) is 6. The first-order valence-electron chi connectivity index (χ1n) is 15.3. The Kier molecular flexibility index (Phi) is 8.45. The number of carbonyl (C=O) groups is 1. The molecule has 4 aromatic rings. The van der Waals surface area contributed by atoms with Crippen LogP contribution < -0.4 is 4.90 Å². The minimum absolute atomic E-state index is 0.0644. The summed E-state index contributed by atoms with van der Waals surface area (Å²) >= 11 is 6.05. The van der Waals surface area contributed by atoms with Crippen molar-refractivity contribution in [1.29, 1.82) is 0 Å². The quantitative estimate of drug-likeness (QED) is 0.297. The zero-order chi connectivity index (χ0) is 30.1. The molecule has 43 heavy (non-hydrogen) atoms. The molecule has 226 valence electrons. The highest BCUT2D eigenvalue weighted by atomic mass is 35.5. The lowest BCUT2D eigenvalue weighted by atomic mass is 9.84. The minimum atomic E-state index is -0.862. The molecular formula is C34H41ClN6O2. The summed E-state index contributed by atoms with van der Waals surface area (Å²) in [5.74, 6) is 1.32. The van der Waals surface area contributed by atoms with E-state index in [1.807, 2.05) is 77.3 Å². The highest BCUT2D eigenvalue weighted by Crippen LogP contribution is 2.36. The van der Waals surface area contributed by atoms with Crippen molar-refractivity contribution in [3.8, 4) is 0 Å². The van der Waals surface area contributed by atoms with E-state index in [1.54, 1.807) is 0 Å². The molecule has 1 unspecified atom stereocenters. The summed E-state index contributed by atoms with van der Waals surface area (Å²) in [7, 11) is 1.91. The molecule has 8 nitrogen and oxygen atoms in total. The van der Waals surface area contributed by atoms with E-state index in [-0.39, 0.29) is 5.91 Å². The fourth-order valence-electron chi connectivity index (χ4n) is 6.54. The van der Waals surface area contributed by atoms with Crippen molar-refractivity contribution in [2.45, 2.75) is 51.2 Å². The summed E-state index contributed by atoms with van der Waals surface area (Å²) in [6.07, 6.45) is 4.88. The molecule has 6 rings (SSSR count). The van der Waals surface area contributed by atoms with Crippen molar-refractivity contribution in [2.75, 3.05) is 44.7 Å². The third-order valence-electron chi connectivity index (χ3n) is 9.19. The fourth-order valence-corrected chi connectivity index (χ4v) is 6.67. The molecular weight excluding hydrogens is 560 g/mol. The molecule has 1 N–H and O–H groups in total. The zero-order valence-electron chi connectivity index (χ0n) is 25.3. The first kappa shape index (κ1) is 29.6. The van der Waals surface area contributed by atoms with Crippen LogP contribution in [0.3, 0.4) is 0 Å². The van der Waals surface area contributed by atoms with Crippen LogP contribution >= 0.6 is 11.6 Å². The minimum Gasteiger partial charge on any atom is -0.385 e. The number of piperidine rings is 1. The van der Waals surface area contributed by atoms with Gasteiger partial charge in [0.15, 0.2) is 11.5 Å². The van der Waals surface area contributed by atoms with Crippen molar-refractivity contribution in [3.63, 3.8) is 0 Å². The highest BCUT2D eigenvalue weighted by molar-refractivity contribution is 6.30. The van der Waals surface area contributed by atoms with Gasteiger partial charge in [0.1, 0.15) is 0 Å². The number of hydrogen-bond acceptors (Lipinski definition) is 6. The van der Waals surface area contributed by atoms with Crippen LogP contribution in [0.4, 0.5) is 5.69 Å². The second-order valence-corrected chi connectivity index (χ2v) is 13.0. The first-order chi connectivity index (χ1) is 20.7. The number of likely N-dealkylation sites (tertiary alicyclic amines) is 1. The Labute approximate surface area is 258 Å². The lowest BCUT2D eigenvalue weighted by Crippen LogP contribution is -2.42. The predicted molar refractivity (Wildman–Crippen MR) is 171 cm³/mol. The summed E-state index contributed by atoms with van der Waals surface area (Å²) in [5, 5.41) is 16.7. The van der Waals surface area contributed by atoms with Gasteiger partial charge in [0.2, 0.25) is 0 Å². The van der Waals surface area contributed by atoms with Gasteiger partial charge in [-0.25, -0.2) is 9.50 Å². The molecule has 0 aliphatic carbocycles. The van der Waals surface area contributed by atoms with Gasteiger partial charge in [-0.1, -0.05) is 35.9 Å². The first-order valence-corrected chi connectivity index (χ1v) is 15.7. The molecule has 0 saturated carbocycles. The molecule has 2 aromatic carbocycles. The van der Waals surface area contributed by atoms with E-state index in [0.717, 1.165) is 54.3 Å². The topological polar surface area (TPSA) is 77.2 Å². The van der Waals surface area contributed by atoms with Gasteiger partial charge < -0.3 is 19.8 Å². The average Bonchev–Trinajstić information content (AvgIpc) is 3.65. The maximum Gasteiger partial charge on any atom is 0.253 e. The second kappa shape index (κ2) is 12.3. The van der Waals surface area contributed by atoms with E-state index in [9.17, 15) is 9.90 Å². The lowest BCUT2D eigenvalue weighted by molar-refractivity contribution is 0.0118. The van der Waals surface area contributed by atoms with E-state index < -0.39 is 5.60 Å². The molecule has 0 radical (unpaired) electrons. The number of anilines is 1. The van der Waals surface area contributed by atoms with Crippen LogP contribution in [-0.2, 0) is 12.0 Å². The number of pyridine rings is 1. The highest BCUT2D eigenvalue weighted by Gasteiger charge is 2.34. The lowest BCUT2D eigenvalue weighted by Gasteiger charge is -2.39. The van der Waals surface area contributed by atoms with Crippen molar-refractivity contribution in [3.05, 3.63) is 94.4 Å². The number of carbonyl (C=O) groups excluding carboxylic acids is 1. The SMILES string of the molecule is CC(C)N1CCC(CN(C)C(=O)c2ccc(Cc3nc4c(N5CCC(O)(c6ccc(Cl)cc6)CC5)cccn4n3)cc2)C1. The molecule has 0 bridgehead atoms. The molecule has 1 amide bonds. The van der Waals surface area contributed by atoms with Crippen molar-refractivity contribution in [2.24, 2.45) is 5.92 Å². The molecule has 2 saturated heterocycles. The predicted octanol–water partition coefficient (Wildman–Crippen LogP) is 5.26. The van der Waals surface area contributed by atoms with Crippen LogP contribution in [-0.4, -0.2) is 81.2 Å². The summed E-state index contributed by atoms with van der Waals surface area (Å²) in [6.45, 7) is 8.85. The van der Waals surface area contributed by atoms with Gasteiger partial charge in [-0.3, -0.25) is 4.79 Å². The fraction of sp³-hybridized carbons (Fsp3) is 0.441. The number of halogens is 1. The van der Waals surface area contributed by atoms with Gasteiger partial charge in [0, 0.05) is 62.5 Å². The number of aliphatic hydroxyl groups is 1. The Morgan fingerprint density at radius 3 is 2.47 bits per heavy atom. The molecule has 2 aromatic heterocycles. The maximum atomic E-state index is 13.1. The molecule has 1 atom stereocenters. The number of aromatic nitrogens is 3. The maximum absolute atomic E-state index is 13.1. The molecule has 2 fully saturated rings. The number of amides is 1. The second-order valence-electron chi connectivity index (χ2n) is 12.5. The van der Waals surface area contributed by atoms with Crippen molar-refractivity contribution in [1.82, 2.24) is 24.4 Å². The number of benzene rings is 2. The number of fused-ring (bicyclic) bond motifs is 1. The summed E-state index contributed by atoms with van der Waals surface area (Å²) < 4.78 is 1.83. The van der Waals surface area contributed by atoms with Gasteiger partial charge >= 0.3 is 0 Å². The van der Waals surface area contributed by atoms with Crippen LogP contribution in [0.5, 0.6) is 0 Å². The molecule has 4 heterocycles. The largest absolute Gasteiger partial charge is 0.385 e. The normalized spacial score (nSPS) is 18.9. The smallest absolute Gasteiger partial charge is 0.253 e.